The van der Waals surface area contributed by atoms with Gasteiger partial charge in [0.2, 0.25) is 0 Å². The maximum Gasteiger partial charge on any atom is 0.280 e. The summed E-state index contributed by atoms with van der Waals surface area (Å²) in [5, 5.41) is 6.39. The molecule has 0 aromatic heterocycles. The number of hydrazine groups is 1. The Balaban J connectivity index is 1.41. The Morgan fingerprint density at radius 1 is 1.12 bits per heavy atom. The van der Waals surface area contributed by atoms with Crippen molar-refractivity contribution in [2.45, 2.75) is 0 Å². The number of nitrogens with zero attached hydrogens (tertiary/aromatic N) is 3. The van der Waals surface area contributed by atoms with E-state index >= 15 is 0 Å². The predicted octanol–water partition coefficient (Wildman–Crippen LogP) is 3.08. The molecule has 0 saturated carbocycles. The average Bonchev–Trinajstić information content (AvgIpc) is 3.12. The van der Waals surface area contributed by atoms with E-state index in [2.05, 4.69) is 17.3 Å². The molecule has 0 spiro atoms. The summed E-state index contributed by atoms with van der Waals surface area (Å²) in [6.07, 6.45) is 1.80. The van der Waals surface area contributed by atoms with Gasteiger partial charge in [-0.1, -0.05) is 48.2 Å². The Bertz CT molecular complexity index is 1100. The third-order valence-corrected chi connectivity index (χ3v) is 6.72. The average molecular weight is 499 g/mol. The molecule has 2 heterocycles. The van der Waals surface area contributed by atoms with E-state index in [-0.39, 0.29) is 18.4 Å². The zero-order valence-electron chi connectivity index (χ0n) is 19.0. The number of ether oxygens (including phenoxy) is 2. The molecule has 10 heteroatoms. The first kappa shape index (κ1) is 24.2. The second-order valence-corrected chi connectivity index (χ2v) is 9.54. The van der Waals surface area contributed by atoms with Crippen molar-refractivity contribution in [1.82, 2.24) is 14.9 Å². The van der Waals surface area contributed by atoms with E-state index in [0.29, 0.717) is 26.4 Å². The number of carbonyl (C=O) groups is 2. The van der Waals surface area contributed by atoms with Crippen molar-refractivity contribution in [2.75, 3.05) is 52.3 Å². The van der Waals surface area contributed by atoms with Gasteiger partial charge in [-0.2, -0.15) is 0 Å². The van der Waals surface area contributed by atoms with Crippen LogP contribution in [-0.4, -0.2) is 78.0 Å². The molecule has 2 amide bonds. The number of anilines is 1. The number of nitrogens with one attached hydrogen (secondary N) is 1. The molecule has 0 atom stereocenters. The van der Waals surface area contributed by atoms with Gasteiger partial charge in [-0.15, -0.1) is 0 Å². The van der Waals surface area contributed by atoms with E-state index in [1.165, 1.54) is 18.9 Å². The smallest absolute Gasteiger partial charge is 0.280 e. The molecule has 0 unspecified atom stereocenters. The van der Waals surface area contributed by atoms with Crippen molar-refractivity contribution in [3.8, 4) is 11.5 Å². The number of thioether (sulfide) groups is 1. The molecular weight excluding hydrogens is 472 g/mol. The summed E-state index contributed by atoms with van der Waals surface area (Å²) in [5.41, 5.74) is 1.48. The zero-order valence-corrected chi connectivity index (χ0v) is 20.7. The first-order valence-electron chi connectivity index (χ1n) is 10.8. The van der Waals surface area contributed by atoms with Crippen LogP contribution in [0, 0.1) is 0 Å². The van der Waals surface area contributed by atoms with Crippen LogP contribution in [0.3, 0.4) is 0 Å². The molecule has 8 nitrogen and oxygen atoms in total. The van der Waals surface area contributed by atoms with Crippen molar-refractivity contribution in [1.29, 1.82) is 0 Å². The van der Waals surface area contributed by atoms with Gasteiger partial charge in [0.25, 0.3) is 11.8 Å². The molecule has 4 rings (SSSR count). The van der Waals surface area contributed by atoms with Gasteiger partial charge >= 0.3 is 0 Å². The molecule has 0 bridgehead atoms. The van der Waals surface area contributed by atoms with Crippen LogP contribution < -0.4 is 14.8 Å². The van der Waals surface area contributed by atoms with Crippen LogP contribution in [-0.2, 0) is 9.59 Å². The fraction of sp³-hybridized carbons (Fsp3) is 0.292. The van der Waals surface area contributed by atoms with Crippen LogP contribution in [0.15, 0.2) is 53.4 Å². The molecule has 2 aliphatic heterocycles. The first-order valence-corrected chi connectivity index (χ1v) is 12.0. The van der Waals surface area contributed by atoms with Crippen LogP contribution in [0.4, 0.5) is 5.69 Å². The van der Waals surface area contributed by atoms with Crippen molar-refractivity contribution in [2.24, 2.45) is 0 Å². The highest BCUT2D eigenvalue weighted by Crippen LogP contribution is 2.35. The van der Waals surface area contributed by atoms with Gasteiger partial charge < -0.3 is 19.7 Å². The molecule has 2 saturated heterocycles. The van der Waals surface area contributed by atoms with Crippen molar-refractivity contribution in [3.05, 3.63) is 59.0 Å². The standard InChI is InChI=1S/C24H26N4O4S2/c1-26-10-12-27(13-11-26)28-23(30)21(34-24(28)33)15-17-8-9-19(20(14-17)31-2)32-16-22(29)25-18-6-4-3-5-7-18/h3-9,14-15H,10-13,16H2,1-2H3,(H,25,29). The molecule has 178 valence electrons. The lowest BCUT2D eigenvalue weighted by atomic mass is 10.2. The van der Waals surface area contributed by atoms with Gasteiger partial charge in [0.15, 0.2) is 22.4 Å². The summed E-state index contributed by atoms with van der Waals surface area (Å²) in [5.74, 6) is 0.519. The molecule has 0 aliphatic carbocycles. The van der Waals surface area contributed by atoms with E-state index in [4.69, 9.17) is 21.7 Å². The fourth-order valence-electron chi connectivity index (χ4n) is 3.61. The SMILES string of the molecule is COc1cc(C=C2SC(=S)N(N3CCN(C)CC3)C2=O)ccc1OCC(=O)Nc1ccccc1. The minimum atomic E-state index is -0.273. The number of rotatable bonds is 7. The van der Waals surface area contributed by atoms with Crippen LogP contribution >= 0.6 is 24.0 Å². The van der Waals surface area contributed by atoms with Gasteiger partial charge in [-0.05, 0) is 43.0 Å². The topological polar surface area (TPSA) is 74.3 Å². The van der Waals surface area contributed by atoms with E-state index in [0.717, 1.165) is 31.7 Å². The second kappa shape index (κ2) is 11.0. The van der Waals surface area contributed by atoms with Crippen LogP contribution in [0.2, 0.25) is 0 Å². The molecule has 1 N–H and O–H groups in total. The maximum atomic E-state index is 13.0. The van der Waals surface area contributed by atoms with E-state index in [1.54, 1.807) is 35.4 Å². The molecule has 34 heavy (non-hydrogen) atoms. The Morgan fingerprint density at radius 3 is 2.56 bits per heavy atom. The number of carbonyl (C=O) groups excluding carboxylic acids is 2. The lowest BCUT2D eigenvalue weighted by Gasteiger charge is -2.37. The van der Waals surface area contributed by atoms with E-state index in [1.807, 2.05) is 29.3 Å². The molecule has 2 aromatic rings. The Hall–Kier alpha value is -2.92. The van der Waals surface area contributed by atoms with Gasteiger partial charge in [0.05, 0.1) is 12.0 Å². The number of methoxy groups -OCH3 is 1. The number of hydrogen-bond donors (Lipinski definition) is 1. The Kier molecular flexibility index (Phi) is 7.84. The minimum absolute atomic E-state index is 0.114. The number of likely N-dealkylation sites (N-methyl/N-ethyl adjacent to an activating group) is 1. The van der Waals surface area contributed by atoms with Gasteiger partial charge in [0, 0.05) is 31.9 Å². The highest BCUT2D eigenvalue weighted by Gasteiger charge is 2.37. The number of amides is 2. The van der Waals surface area contributed by atoms with Crippen molar-refractivity contribution >= 4 is 51.9 Å². The van der Waals surface area contributed by atoms with Crippen molar-refractivity contribution in [3.63, 3.8) is 0 Å². The summed E-state index contributed by atoms with van der Waals surface area (Å²) >= 11 is 6.78. The third-order valence-electron chi connectivity index (χ3n) is 5.44. The lowest BCUT2D eigenvalue weighted by molar-refractivity contribution is -0.135. The van der Waals surface area contributed by atoms with Crippen LogP contribution in [0.5, 0.6) is 11.5 Å². The summed E-state index contributed by atoms with van der Waals surface area (Å²) in [4.78, 5) is 28.0. The number of para-hydroxylation sites is 1. The van der Waals surface area contributed by atoms with Gasteiger partial charge in [0.1, 0.15) is 0 Å². The minimum Gasteiger partial charge on any atom is -0.493 e. The number of hydrogen-bond acceptors (Lipinski definition) is 8. The Morgan fingerprint density at radius 2 is 1.85 bits per heavy atom. The van der Waals surface area contributed by atoms with Crippen molar-refractivity contribution < 1.29 is 19.1 Å². The fourth-order valence-corrected chi connectivity index (χ4v) is 4.92. The molecule has 0 radical (unpaired) electrons. The predicted molar refractivity (Wildman–Crippen MR) is 138 cm³/mol. The zero-order chi connectivity index (χ0) is 24.1. The maximum absolute atomic E-state index is 13.0. The summed E-state index contributed by atoms with van der Waals surface area (Å²) in [7, 11) is 3.60. The molecule has 2 aliphatic rings. The van der Waals surface area contributed by atoms with Gasteiger partial charge in [-0.3, -0.25) is 9.59 Å². The molecule has 2 fully saturated rings. The largest absolute Gasteiger partial charge is 0.493 e. The second-order valence-electron chi connectivity index (χ2n) is 7.86. The summed E-state index contributed by atoms with van der Waals surface area (Å²) < 4.78 is 11.6. The highest BCUT2D eigenvalue weighted by atomic mass is 32.2. The number of benzene rings is 2. The summed E-state index contributed by atoms with van der Waals surface area (Å²) in [6, 6.07) is 14.5. The van der Waals surface area contributed by atoms with E-state index in [9.17, 15) is 9.59 Å². The summed E-state index contributed by atoms with van der Waals surface area (Å²) in [6.45, 7) is 3.13. The first-order chi connectivity index (χ1) is 16.4. The normalized spacial score (nSPS) is 18.4. The molecule has 2 aromatic carbocycles. The quantitative estimate of drug-likeness (QED) is 0.461. The number of piperazine rings is 1. The van der Waals surface area contributed by atoms with Crippen LogP contribution in [0.25, 0.3) is 6.08 Å². The molecular formula is C24H26N4O4S2. The highest BCUT2D eigenvalue weighted by molar-refractivity contribution is 8.26. The van der Waals surface area contributed by atoms with Crippen LogP contribution in [0.1, 0.15) is 5.56 Å². The van der Waals surface area contributed by atoms with E-state index < -0.39 is 0 Å². The monoisotopic (exact) mass is 498 g/mol. The lowest BCUT2D eigenvalue weighted by Crippen LogP contribution is -2.54. The number of thiocarbonyl (C=S) groups is 1. The van der Waals surface area contributed by atoms with Gasteiger partial charge in [-0.25, -0.2) is 10.0 Å². The third kappa shape index (κ3) is 5.76. The Labute approximate surface area is 208 Å².